The molecule has 0 aliphatic rings. The van der Waals surface area contributed by atoms with Crippen molar-refractivity contribution in [3.63, 3.8) is 0 Å². The van der Waals surface area contributed by atoms with E-state index in [9.17, 15) is 28.0 Å². The monoisotopic (exact) mass is 322 g/mol. The minimum absolute atomic E-state index is 0.0192. The van der Waals surface area contributed by atoms with Gasteiger partial charge in [-0.05, 0) is 25.5 Å². The third-order valence-corrected chi connectivity index (χ3v) is 4.26. The molecule has 1 aromatic carbocycles. The summed E-state index contributed by atoms with van der Waals surface area (Å²) in [5, 5.41) is 29.0. The zero-order chi connectivity index (χ0) is 16.4. The summed E-state index contributed by atoms with van der Waals surface area (Å²) in [5.41, 5.74) is -2.67. The second-order valence-corrected chi connectivity index (χ2v) is 6.54. The van der Waals surface area contributed by atoms with E-state index < -0.39 is 50.1 Å². The van der Waals surface area contributed by atoms with Crippen LogP contribution >= 0.6 is 0 Å². The Morgan fingerprint density at radius 1 is 1.48 bits per heavy atom. The number of hydrogen-bond acceptors (Lipinski definition) is 6. The van der Waals surface area contributed by atoms with Crippen LogP contribution in [0.1, 0.15) is 12.5 Å². The molecular weight excluding hydrogens is 307 g/mol. The van der Waals surface area contributed by atoms with Crippen LogP contribution < -0.4 is 4.72 Å². The summed E-state index contributed by atoms with van der Waals surface area (Å²) >= 11 is 0. The highest BCUT2D eigenvalue weighted by Gasteiger charge is 2.27. The zero-order valence-corrected chi connectivity index (χ0v) is 12.1. The lowest BCUT2D eigenvalue weighted by molar-refractivity contribution is -0.387. The van der Waals surface area contributed by atoms with Crippen LogP contribution in [0.2, 0.25) is 0 Å². The molecule has 0 aliphatic heterocycles. The van der Waals surface area contributed by atoms with Gasteiger partial charge in [-0.3, -0.25) is 10.1 Å². The van der Waals surface area contributed by atoms with Gasteiger partial charge >= 0.3 is 5.69 Å². The molecule has 0 radical (unpaired) electrons. The fourth-order valence-corrected chi connectivity index (χ4v) is 2.86. The Morgan fingerprint density at radius 3 is 2.52 bits per heavy atom. The van der Waals surface area contributed by atoms with E-state index in [1.54, 1.807) is 0 Å². The summed E-state index contributed by atoms with van der Waals surface area (Å²) < 4.78 is 39.5. The lowest BCUT2D eigenvalue weighted by atomic mass is 10.1. The van der Waals surface area contributed by atoms with Crippen molar-refractivity contribution >= 4 is 15.7 Å². The fourth-order valence-electron chi connectivity index (χ4n) is 1.46. The first kappa shape index (κ1) is 17.4. The van der Waals surface area contributed by atoms with Gasteiger partial charge in [0.25, 0.3) is 0 Å². The van der Waals surface area contributed by atoms with Crippen molar-refractivity contribution in [3.05, 3.63) is 33.6 Å². The molecule has 21 heavy (non-hydrogen) atoms. The molecule has 1 aromatic rings. The van der Waals surface area contributed by atoms with Gasteiger partial charge in [0.2, 0.25) is 15.8 Å². The maximum atomic E-state index is 13.4. The van der Waals surface area contributed by atoms with E-state index in [2.05, 4.69) is 0 Å². The number of aryl methyl sites for hydroxylation is 1. The molecule has 0 amide bonds. The van der Waals surface area contributed by atoms with Gasteiger partial charge in [-0.15, -0.1) is 0 Å². The zero-order valence-electron chi connectivity index (χ0n) is 11.3. The predicted octanol–water partition coefficient (Wildman–Crippen LogP) is 0.0639. The van der Waals surface area contributed by atoms with Crippen LogP contribution in [0.4, 0.5) is 10.1 Å². The number of aliphatic hydroxyl groups is 2. The Balaban J connectivity index is 3.20. The van der Waals surface area contributed by atoms with Crippen LogP contribution in [0.3, 0.4) is 0 Å². The third-order valence-electron chi connectivity index (χ3n) is 2.71. The lowest BCUT2D eigenvalue weighted by Gasteiger charge is -2.20. The van der Waals surface area contributed by atoms with E-state index in [1.807, 2.05) is 4.72 Å². The van der Waals surface area contributed by atoms with Gasteiger partial charge in [0.15, 0.2) is 0 Å². The summed E-state index contributed by atoms with van der Waals surface area (Å²) in [6, 6.07) is 1.36. The number of benzene rings is 1. The Bertz CT molecular complexity index is 659. The first-order valence-electron chi connectivity index (χ1n) is 5.77. The highest BCUT2D eigenvalue weighted by Crippen LogP contribution is 2.25. The number of halogens is 1. The number of rotatable bonds is 6. The van der Waals surface area contributed by atoms with E-state index >= 15 is 0 Å². The van der Waals surface area contributed by atoms with Crippen LogP contribution in [-0.4, -0.2) is 42.3 Å². The smallest absolute Gasteiger partial charge is 0.306 e. The fraction of sp³-hybridized carbons (Fsp3) is 0.455. The van der Waals surface area contributed by atoms with Crippen LogP contribution in [0, 0.1) is 22.9 Å². The first-order chi connectivity index (χ1) is 9.50. The SMILES string of the molecule is Cc1cc(F)c([N+](=O)[O-])cc1S(=O)(=O)NCC(C)(O)CO. The number of nitro groups is 1. The largest absolute Gasteiger partial charge is 0.393 e. The molecule has 118 valence electrons. The molecule has 0 aromatic heterocycles. The van der Waals surface area contributed by atoms with E-state index in [1.165, 1.54) is 13.8 Å². The molecule has 8 nitrogen and oxygen atoms in total. The van der Waals surface area contributed by atoms with Crippen molar-refractivity contribution in [1.82, 2.24) is 4.72 Å². The molecule has 3 N–H and O–H groups in total. The van der Waals surface area contributed by atoms with E-state index in [0.717, 1.165) is 6.07 Å². The van der Waals surface area contributed by atoms with Gasteiger partial charge in [0, 0.05) is 12.6 Å². The number of hydrogen-bond donors (Lipinski definition) is 3. The topological polar surface area (TPSA) is 130 Å². The summed E-state index contributed by atoms with van der Waals surface area (Å²) in [6.45, 7) is 1.30. The van der Waals surface area contributed by atoms with Crippen molar-refractivity contribution in [1.29, 1.82) is 0 Å². The minimum atomic E-state index is -4.20. The van der Waals surface area contributed by atoms with Crippen molar-refractivity contribution in [2.75, 3.05) is 13.2 Å². The van der Waals surface area contributed by atoms with Crippen molar-refractivity contribution in [3.8, 4) is 0 Å². The summed E-state index contributed by atoms with van der Waals surface area (Å²) in [5.74, 6) is -1.14. The van der Waals surface area contributed by atoms with Crippen molar-refractivity contribution in [2.45, 2.75) is 24.3 Å². The maximum absolute atomic E-state index is 13.4. The summed E-state index contributed by atoms with van der Waals surface area (Å²) in [7, 11) is -4.20. The number of nitrogens with zero attached hydrogens (tertiary/aromatic N) is 1. The quantitative estimate of drug-likeness (QED) is 0.502. The maximum Gasteiger partial charge on any atom is 0.306 e. The molecule has 1 rings (SSSR count). The molecule has 1 atom stereocenters. The predicted molar refractivity (Wildman–Crippen MR) is 70.7 cm³/mol. The van der Waals surface area contributed by atoms with E-state index in [0.29, 0.717) is 6.07 Å². The number of sulfonamides is 1. The number of nitrogens with one attached hydrogen (secondary N) is 1. The van der Waals surface area contributed by atoms with Gasteiger partial charge in [0.05, 0.1) is 22.0 Å². The van der Waals surface area contributed by atoms with Gasteiger partial charge in [0.1, 0.15) is 0 Å². The van der Waals surface area contributed by atoms with Gasteiger partial charge in [-0.1, -0.05) is 0 Å². The third kappa shape index (κ3) is 4.17. The molecule has 0 saturated heterocycles. The Hall–Kier alpha value is -1.62. The molecule has 0 spiro atoms. The molecule has 0 saturated carbocycles. The second kappa shape index (κ2) is 6.02. The van der Waals surface area contributed by atoms with Crippen LogP contribution in [0.5, 0.6) is 0 Å². The van der Waals surface area contributed by atoms with Crippen molar-refractivity contribution in [2.24, 2.45) is 0 Å². The Labute approximate surface area is 120 Å². The van der Waals surface area contributed by atoms with Crippen LogP contribution in [0.15, 0.2) is 17.0 Å². The molecule has 0 fully saturated rings. The molecular formula is C11H15FN2O6S. The average Bonchev–Trinajstić information content (AvgIpc) is 2.36. The van der Waals surface area contributed by atoms with E-state index in [4.69, 9.17) is 5.11 Å². The average molecular weight is 322 g/mol. The summed E-state index contributed by atoms with van der Waals surface area (Å²) in [6.07, 6.45) is 0. The first-order valence-corrected chi connectivity index (χ1v) is 7.26. The van der Waals surface area contributed by atoms with Gasteiger partial charge in [-0.2, -0.15) is 4.39 Å². The van der Waals surface area contributed by atoms with Crippen molar-refractivity contribution < 1.29 is 27.9 Å². The highest BCUT2D eigenvalue weighted by atomic mass is 32.2. The molecule has 1 unspecified atom stereocenters. The van der Waals surface area contributed by atoms with Crippen LogP contribution in [-0.2, 0) is 10.0 Å². The Morgan fingerprint density at radius 2 is 2.05 bits per heavy atom. The molecule has 0 bridgehead atoms. The molecule has 0 aliphatic carbocycles. The Kier molecular flexibility index (Phi) is 4.99. The van der Waals surface area contributed by atoms with Crippen LogP contribution in [0.25, 0.3) is 0 Å². The van der Waals surface area contributed by atoms with Gasteiger partial charge in [-0.25, -0.2) is 13.1 Å². The normalized spacial score (nSPS) is 14.7. The highest BCUT2D eigenvalue weighted by molar-refractivity contribution is 7.89. The second-order valence-electron chi connectivity index (χ2n) is 4.81. The lowest BCUT2D eigenvalue weighted by Crippen LogP contribution is -2.43. The minimum Gasteiger partial charge on any atom is -0.393 e. The van der Waals surface area contributed by atoms with Gasteiger partial charge < -0.3 is 10.2 Å². The number of aliphatic hydroxyl groups excluding tert-OH is 1. The number of nitro benzene ring substituents is 1. The molecule has 0 heterocycles. The van der Waals surface area contributed by atoms with E-state index in [-0.39, 0.29) is 5.56 Å². The molecule has 10 heteroatoms. The summed E-state index contributed by atoms with van der Waals surface area (Å²) in [4.78, 5) is 9.15. The standard InChI is InChI=1S/C11H15FN2O6S/c1-7-3-8(12)9(14(17)18)4-10(7)21(19,20)13-5-11(2,16)6-15/h3-4,13,15-16H,5-6H2,1-2H3.